The van der Waals surface area contributed by atoms with Crippen LogP contribution in [0, 0.1) is 29.8 Å². The van der Waals surface area contributed by atoms with Gasteiger partial charge in [-0.1, -0.05) is 65.1 Å². The lowest BCUT2D eigenvalue weighted by Gasteiger charge is -2.22. The highest BCUT2D eigenvalue weighted by Gasteiger charge is 2.48. The van der Waals surface area contributed by atoms with Gasteiger partial charge >= 0.3 is 5.91 Å². The zero-order chi connectivity index (χ0) is 28.6. The number of amides is 1. The zero-order valence-corrected chi connectivity index (χ0v) is 22.8. The van der Waals surface area contributed by atoms with E-state index in [0.717, 1.165) is 27.4 Å². The first-order valence-electron chi connectivity index (χ1n) is 12.0. The maximum atomic E-state index is 13.4. The van der Waals surface area contributed by atoms with Crippen LogP contribution in [0.1, 0.15) is 33.9 Å². The molecule has 1 amide bonds. The van der Waals surface area contributed by atoms with Gasteiger partial charge in [-0.25, -0.2) is 4.39 Å². The molecular weight excluding hydrogens is 555 g/mol. The summed E-state index contributed by atoms with van der Waals surface area (Å²) in [6, 6.07) is 15.8. The number of nitro benzene ring substituents is 1. The summed E-state index contributed by atoms with van der Waals surface area (Å²) in [5.41, 5.74) is 2.58. The molecule has 5 rings (SSSR count). The Morgan fingerprint density at radius 3 is 2.58 bits per heavy atom. The molecule has 1 N–H and O–H groups in total. The van der Waals surface area contributed by atoms with Crippen molar-refractivity contribution in [1.82, 2.24) is 10.2 Å². The normalized spacial score (nSPS) is 16.5. The molecule has 0 spiro atoms. The Morgan fingerprint density at radius 2 is 1.85 bits per heavy atom. The van der Waals surface area contributed by atoms with E-state index < -0.39 is 22.7 Å². The van der Waals surface area contributed by atoms with Crippen LogP contribution in [0.15, 0.2) is 76.6 Å². The number of benzene rings is 3. The quantitative estimate of drug-likeness (QED) is 0.0530. The first-order valence-corrected chi connectivity index (χ1v) is 13.8. The number of carbonyl (C=O) groups excluding carboxylic acids is 2. The second-order valence-electron chi connectivity index (χ2n) is 9.11. The van der Waals surface area contributed by atoms with Gasteiger partial charge in [0.1, 0.15) is 11.6 Å². The number of carbonyl (C=O) groups is 2. The fraction of sp³-hybridized carbons (Fsp3) is 0.143. The average molecular weight is 577 g/mol. The van der Waals surface area contributed by atoms with Gasteiger partial charge in [0, 0.05) is 23.4 Å². The lowest BCUT2D eigenvalue weighted by molar-refractivity contribution is -0.384. The number of aliphatic hydroxyl groups is 1. The monoisotopic (exact) mass is 576 g/mol. The van der Waals surface area contributed by atoms with Crippen molar-refractivity contribution in [3.8, 4) is 0 Å². The van der Waals surface area contributed by atoms with E-state index in [9.17, 15) is 29.2 Å². The molecule has 1 fully saturated rings. The summed E-state index contributed by atoms with van der Waals surface area (Å²) in [6.07, 6.45) is 0. The van der Waals surface area contributed by atoms with Crippen molar-refractivity contribution in [2.45, 2.75) is 30.0 Å². The van der Waals surface area contributed by atoms with Crippen LogP contribution in [0.3, 0.4) is 0 Å². The number of thioether (sulfide) groups is 1. The number of aromatic nitrogens is 2. The smallest absolute Gasteiger partial charge is 0.301 e. The van der Waals surface area contributed by atoms with E-state index in [4.69, 9.17) is 0 Å². The van der Waals surface area contributed by atoms with Crippen LogP contribution >= 0.6 is 23.1 Å². The summed E-state index contributed by atoms with van der Waals surface area (Å²) >= 11 is 2.38. The predicted molar refractivity (Wildman–Crippen MR) is 150 cm³/mol. The van der Waals surface area contributed by atoms with Gasteiger partial charge in [-0.15, -0.1) is 10.2 Å². The Kier molecular flexibility index (Phi) is 7.46. The van der Waals surface area contributed by atoms with Crippen molar-refractivity contribution >= 4 is 51.4 Å². The van der Waals surface area contributed by atoms with Crippen LogP contribution in [0.25, 0.3) is 5.76 Å². The Labute approximate surface area is 236 Å². The van der Waals surface area contributed by atoms with E-state index in [1.807, 2.05) is 13.0 Å². The summed E-state index contributed by atoms with van der Waals surface area (Å²) in [5, 5.41) is 31.3. The number of nitrogens with zero attached hydrogens (tertiary/aromatic N) is 4. The zero-order valence-electron chi connectivity index (χ0n) is 21.2. The Hall–Kier alpha value is -4.42. The molecule has 1 unspecified atom stereocenters. The van der Waals surface area contributed by atoms with Crippen LogP contribution in [-0.2, 0) is 15.3 Å². The third kappa shape index (κ3) is 5.23. The summed E-state index contributed by atoms with van der Waals surface area (Å²) in [6.45, 7) is 3.60. The van der Waals surface area contributed by atoms with Gasteiger partial charge in [0.05, 0.1) is 16.5 Å². The third-order valence-electron chi connectivity index (χ3n) is 6.37. The first kappa shape index (κ1) is 27.2. The highest BCUT2D eigenvalue weighted by atomic mass is 32.2. The van der Waals surface area contributed by atoms with Crippen molar-refractivity contribution in [3.05, 3.63) is 116 Å². The molecule has 1 atom stereocenters. The van der Waals surface area contributed by atoms with E-state index in [1.54, 1.807) is 37.3 Å². The molecule has 3 aromatic carbocycles. The molecular formula is C28H21FN4O5S2. The molecule has 1 aromatic heterocycles. The number of anilines is 1. The van der Waals surface area contributed by atoms with Crippen LogP contribution in [0.2, 0.25) is 0 Å². The fourth-order valence-electron chi connectivity index (χ4n) is 4.37. The lowest BCUT2D eigenvalue weighted by Crippen LogP contribution is -2.29. The number of aryl methyl sites for hydroxylation is 2. The Balaban J connectivity index is 1.59. The van der Waals surface area contributed by atoms with Gasteiger partial charge in [-0.05, 0) is 48.7 Å². The number of aliphatic hydroxyl groups excluding tert-OH is 1. The number of rotatable bonds is 7. The van der Waals surface area contributed by atoms with Gasteiger partial charge in [0.15, 0.2) is 4.34 Å². The topological polar surface area (TPSA) is 127 Å². The number of halogens is 1. The van der Waals surface area contributed by atoms with Gasteiger partial charge in [0.2, 0.25) is 5.13 Å². The molecule has 202 valence electrons. The molecule has 1 aliphatic rings. The first-order chi connectivity index (χ1) is 19.1. The maximum absolute atomic E-state index is 13.4. The fourth-order valence-corrected chi connectivity index (χ4v) is 6.20. The van der Waals surface area contributed by atoms with Gasteiger partial charge in [-0.2, -0.15) is 0 Å². The summed E-state index contributed by atoms with van der Waals surface area (Å²) < 4.78 is 13.7. The number of hydrogen-bond acceptors (Lipinski definition) is 9. The van der Waals surface area contributed by atoms with Gasteiger partial charge in [-0.3, -0.25) is 24.6 Å². The molecule has 0 bridgehead atoms. The molecule has 0 saturated carbocycles. The molecule has 1 saturated heterocycles. The molecule has 1 aliphatic heterocycles. The minimum atomic E-state index is -1.18. The minimum absolute atomic E-state index is 0.0974. The molecule has 0 aliphatic carbocycles. The standard InChI is InChI=1S/C28H21FN4O5S2/c1-15-6-7-16(2)21(12-15)24(34)22-23(18-4-3-5-20(13-18)33(37)38)32(26(36)25(22)35)27-30-31-28(40-27)39-14-17-8-10-19(29)11-9-17/h3-13,23,34H,14H2,1-2H3. The number of Topliss-reactive ketones (excluding diaryl/α,β-unsaturated/α-hetero) is 1. The molecule has 4 aromatic rings. The number of hydrogen-bond donors (Lipinski definition) is 1. The largest absolute Gasteiger partial charge is 0.507 e. The van der Waals surface area contributed by atoms with E-state index in [0.29, 0.717) is 21.2 Å². The summed E-state index contributed by atoms with van der Waals surface area (Å²) in [4.78, 5) is 38.9. The van der Waals surface area contributed by atoms with Gasteiger partial charge < -0.3 is 5.11 Å². The van der Waals surface area contributed by atoms with Crippen LogP contribution in [-0.4, -0.2) is 31.9 Å². The second-order valence-corrected chi connectivity index (χ2v) is 11.3. The average Bonchev–Trinajstić information content (AvgIpc) is 3.51. The predicted octanol–water partition coefficient (Wildman–Crippen LogP) is 6.12. The summed E-state index contributed by atoms with van der Waals surface area (Å²) in [7, 11) is 0. The van der Waals surface area contributed by atoms with Crippen molar-refractivity contribution in [2.75, 3.05) is 4.90 Å². The van der Waals surface area contributed by atoms with Crippen LogP contribution in [0.5, 0.6) is 0 Å². The van der Waals surface area contributed by atoms with E-state index in [-0.39, 0.29) is 33.5 Å². The van der Waals surface area contributed by atoms with E-state index >= 15 is 0 Å². The van der Waals surface area contributed by atoms with Crippen molar-refractivity contribution in [3.63, 3.8) is 0 Å². The molecule has 0 radical (unpaired) electrons. The third-order valence-corrected chi connectivity index (χ3v) is 8.49. The van der Waals surface area contributed by atoms with E-state index in [1.165, 1.54) is 42.1 Å². The highest BCUT2D eigenvalue weighted by Crippen LogP contribution is 2.45. The van der Waals surface area contributed by atoms with Gasteiger partial charge in [0.25, 0.3) is 11.5 Å². The highest BCUT2D eigenvalue weighted by molar-refractivity contribution is 8.00. The summed E-state index contributed by atoms with van der Waals surface area (Å²) in [5.74, 6) is -2.13. The number of non-ortho nitro benzene ring substituents is 1. The van der Waals surface area contributed by atoms with Crippen LogP contribution < -0.4 is 4.90 Å². The Bertz CT molecular complexity index is 1690. The van der Waals surface area contributed by atoms with Crippen molar-refractivity contribution in [2.24, 2.45) is 0 Å². The van der Waals surface area contributed by atoms with Crippen molar-refractivity contribution in [1.29, 1.82) is 0 Å². The second kappa shape index (κ2) is 11.0. The Morgan fingerprint density at radius 1 is 1.10 bits per heavy atom. The SMILES string of the molecule is Cc1ccc(C)c(C(O)=C2C(=O)C(=O)N(c3nnc(SCc4ccc(F)cc4)s3)C2c2cccc([N+](=O)[O-])c2)c1. The van der Waals surface area contributed by atoms with Crippen molar-refractivity contribution < 1.29 is 24.0 Å². The maximum Gasteiger partial charge on any atom is 0.301 e. The molecule has 40 heavy (non-hydrogen) atoms. The minimum Gasteiger partial charge on any atom is -0.507 e. The number of nitro groups is 1. The lowest BCUT2D eigenvalue weighted by atomic mass is 9.93. The van der Waals surface area contributed by atoms with Crippen LogP contribution in [0.4, 0.5) is 15.2 Å². The molecule has 12 heteroatoms. The van der Waals surface area contributed by atoms with E-state index in [2.05, 4.69) is 10.2 Å². The molecule has 2 heterocycles. The molecule has 9 nitrogen and oxygen atoms in total. The number of ketones is 1.